The maximum atomic E-state index is 12.3. The largest absolute Gasteiger partial charge is 0.493 e. The third kappa shape index (κ3) is 5.26. The van der Waals surface area contributed by atoms with E-state index in [-0.39, 0.29) is 17.7 Å². The molecule has 0 saturated heterocycles. The molecule has 1 aromatic heterocycles. The Bertz CT molecular complexity index is 723. The van der Waals surface area contributed by atoms with Crippen LogP contribution in [-0.4, -0.2) is 26.7 Å². The molecule has 0 aliphatic carbocycles. The fourth-order valence-corrected chi connectivity index (χ4v) is 2.40. The monoisotopic (exact) mass is 361 g/mol. The van der Waals surface area contributed by atoms with Crippen molar-refractivity contribution in [2.45, 2.75) is 33.4 Å². The average molecular weight is 361 g/mol. The topological polar surface area (TPSA) is 69.9 Å². The molecule has 1 heterocycles. The molecule has 0 spiro atoms. The molecule has 1 unspecified atom stereocenters. The van der Waals surface area contributed by atoms with Crippen molar-refractivity contribution in [3.63, 3.8) is 0 Å². The molecule has 0 saturated carbocycles. The van der Waals surface area contributed by atoms with Crippen LogP contribution in [0.5, 0.6) is 11.5 Å². The summed E-state index contributed by atoms with van der Waals surface area (Å²) in [6.07, 6.45) is 0. The highest BCUT2D eigenvalue weighted by Crippen LogP contribution is 2.30. The lowest BCUT2D eigenvalue weighted by Gasteiger charge is -2.17. The Morgan fingerprint density at radius 3 is 2.54 bits per heavy atom. The van der Waals surface area contributed by atoms with Gasteiger partial charge in [-0.05, 0) is 42.7 Å². The molecule has 26 heavy (non-hydrogen) atoms. The zero-order valence-electron chi connectivity index (χ0n) is 16.0. The zero-order chi connectivity index (χ0) is 19.1. The molecule has 6 nitrogen and oxygen atoms in total. The molecule has 142 valence electrons. The number of carbonyl (C=O) groups is 1. The van der Waals surface area contributed by atoms with Gasteiger partial charge in [-0.2, -0.15) is 0 Å². The lowest BCUT2D eigenvalue weighted by molar-refractivity contribution is 0.0903. The van der Waals surface area contributed by atoms with Crippen molar-refractivity contribution in [2.75, 3.05) is 20.8 Å². The van der Waals surface area contributed by atoms with Gasteiger partial charge in [-0.1, -0.05) is 19.9 Å². The number of methoxy groups -OCH3 is 2. The maximum Gasteiger partial charge on any atom is 0.287 e. The molecule has 0 fully saturated rings. The van der Waals surface area contributed by atoms with Crippen LogP contribution < -0.4 is 14.8 Å². The molecule has 2 aromatic rings. The van der Waals surface area contributed by atoms with E-state index in [1.165, 1.54) is 0 Å². The summed E-state index contributed by atoms with van der Waals surface area (Å²) in [4.78, 5) is 12.3. The van der Waals surface area contributed by atoms with Gasteiger partial charge in [0.1, 0.15) is 12.4 Å². The van der Waals surface area contributed by atoms with Gasteiger partial charge in [-0.3, -0.25) is 4.79 Å². The summed E-state index contributed by atoms with van der Waals surface area (Å²) in [5.41, 5.74) is 0.913. The highest BCUT2D eigenvalue weighted by Gasteiger charge is 2.17. The highest BCUT2D eigenvalue weighted by atomic mass is 16.5. The van der Waals surface area contributed by atoms with E-state index in [9.17, 15) is 4.79 Å². The highest BCUT2D eigenvalue weighted by molar-refractivity contribution is 5.91. The number of hydrogen-bond acceptors (Lipinski definition) is 5. The zero-order valence-corrected chi connectivity index (χ0v) is 16.0. The van der Waals surface area contributed by atoms with Crippen LogP contribution in [0.15, 0.2) is 34.7 Å². The molecular weight excluding hydrogens is 334 g/mol. The van der Waals surface area contributed by atoms with Gasteiger partial charge in [0.05, 0.1) is 19.8 Å². The van der Waals surface area contributed by atoms with Gasteiger partial charge in [0, 0.05) is 7.11 Å². The van der Waals surface area contributed by atoms with Crippen LogP contribution in [0.3, 0.4) is 0 Å². The summed E-state index contributed by atoms with van der Waals surface area (Å²) >= 11 is 0. The van der Waals surface area contributed by atoms with Crippen LogP contribution >= 0.6 is 0 Å². The van der Waals surface area contributed by atoms with Crippen molar-refractivity contribution in [2.24, 2.45) is 5.92 Å². The Labute approximate surface area is 154 Å². The van der Waals surface area contributed by atoms with E-state index in [0.717, 1.165) is 5.56 Å². The quantitative estimate of drug-likeness (QED) is 0.732. The van der Waals surface area contributed by atoms with Crippen LogP contribution in [0.2, 0.25) is 0 Å². The molecule has 6 heteroatoms. The summed E-state index contributed by atoms with van der Waals surface area (Å²) in [5.74, 6) is 2.35. The van der Waals surface area contributed by atoms with Crippen molar-refractivity contribution in [3.8, 4) is 11.5 Å². The molecule has 0 radical (unpaired) electrons. The molecule has 1 N–H and O–H groups in total. The van der Waals surface area contributed by atoms with Gasteiger partial charge < -0.3 is 23.9 Å². The predicted octanol–water partition coefficient (Wildman–Crippen LogP) is 3.96. The molecule has 0 aliphatic rings. The number of carbonyl (C=O) groups excluding carboxylic acids is 1. The summed E-state index contributed by atoms with van der Waals surface area (Å²) in [6.45, 7) is 7.03. The number of nitrogens with one attached hydrogen (secondary N) is 1. The van der Waals surface area contributed by atoms with Crippen LogP contribution in [-0.2, 0) is 11.3 Å². The molecule has 1 atom stereocenters. The second-order valence-electron chi connectivity index (χ2n) is 6.51. The SMILES string of the molecule is COCc1ccc(C(=O)NC(C)c2ccc(OCC(C)C)c(OC)c2)o1. The minimum Gasteiger partial charge on any atom is -0.493 e. The van der Waals surface area contributed by atoms with Crippen molar-refractivity contribution in [1.29, 1.82) is 0 Å². The molecule has 1 amide bonds. The Morgan fingerprint density at radius 1 is 1.12 bits per heavy atom. The number of benzene rings is 1. The van der Waals surface area contributed by atoms with E-state index >= 15 is 0 Å². The van der Waals surface area contributed by atoms with Crippen LogP contribution in [0.4, 0.5) is 0 Å². The van der Waals surface area contributed by atoms with Gasteiger partial charge in [-0.25, -0.2) is 0 Å². The van der Waals surface area contributed by atoms with E-state index in [4.69, 9.17) is 18.6 Å². The van der Waals surface area contributed by atoms with Gasteiger partial charge in [-0.15, -0.1) is 0 Å². The van der Waals surface area contributed by atoms with Gasteiger partial charge >= 0.3 is 0 Å². The standard InChI is InChI=1S/C20H27NO5/c1-13(2)11-25-17-8-6-15(10-19(17)24-5)14(3)21-20(22)18-9-7-16(26-18)12-23-4/h6-10,13-14H,11-12H2,1-5H3,(H,21,22). The first-order valence-corrected chi connectivity index (χ1v) is 8.63. The van der Waals surface area contributed by atoms with Crippen LogP contribution in [0.1, 0.15) is 48.7 Å². The van der Waals surface area contributed by atoms with E-state index in [1.54, 1.807) is 26.4 Å². The third-order valence-corrected chi connectivity index (χ3v) is 3.78. The van der Waals surface area contributed by atoms with E-state index in [1.807, 2.05) is 25.1 Å². The second-order valence-corrected chi connectivity index (χ2v) is 6.51. The Balaban J connectivity index is 2.05. The number of hydrogen-bond donors (Lipinski definition) is 1. The van der Waals surface area contributed by atoms with Crippen molar-refractivity contribution >= 4 is 5.91 Å². The van der Waals surface area contributed by atoms with Crippen molar-refractivity contribution < 1.29 is 23.4 Å². The molecular formula is C20H27NO5. The second kappa shape index (κ2) is 9.29. The first-order chi connectivity index (χ1) is 12.4. The van der Waals surface area contributed by atoms with E-state index < -0.39 is 0 Å². The summed E-state index contributed by atoms with van der Waals surface area (Å²) in [5, 5.41) is 2.92. The van der Waals surface area contributed by atoms with Crippen molar-refractivity contribution in [3.05, 3.63) is 47.4 Å². The Kier molecular flexibility index (Phi) is 7.09. The first kappa shape index (κ1) is 19.8. The number of rotatable bonds is 9. The van der Waals surface area contributed by atoms with Gasteiger partial charge in [0.15, 0.2) is 17.3 Å². The predicted molar refractivity (Wildman–Crippen MR) is 98.6 cm³/mol. The Hall–Kier alpha value is -2.47. The number of ether oxygens (including phenoxy) is 3. The summed E-state index contributed by atoms with van der Waals surface area (Å²) < 4.78 is 21.6. The Morgan fingerprint density at radius 2 is 1.88 bits per heavy atom. The first-order valence-electron chi connectivity index (χ1n) is 8.63. The minimum atomic E-state index is -0.279. The number of furan rings is 1. The van der Waals surface area contributed by atoms with Gasteiger partial charge in [0.25, 0.3) is 5.91 Å². The average Bonchev–Trinajstić information content (AvgIpc) is 3.08. The molecule has 0 aliphatic heterocycles. The minimum absolute atomic E-state index is 0.216. The van der Waals surface area contributed by atoms with Crippen LogP contribution in [0.25, 0.3) is 0 Å². The van der Waals surface area contributed by atoms with E-state index in [0.29, 0.717) is 36.4 Å². The molecule has 1 aromatic carbocycles. The molecule has 0 bridgehead atoms. The van der Waals surface area contributed by atoms with E-state index in [2.05, 4.69) is 19.2 Å². The van der Waals surface area contributed by atoms with Gasteiger partial charge in [0.2, 0.25) is 0 Å². The number of amides is 1. The van der Waals surface area contributed by atoms with Crippen molar-refractivity contribution in [1.82, 2.24) is 5.32 Å². The maximum absolute atomic E-state index is 12.3. The lowest BCUT2D eigenvalue weighted by atomic mass is 10.1. The lowest BCUT2D eigenvalue weighted by Crippen LogP contribution is -2.26. The fourth-order valence-electron chi connectivity index (χ4n) is 2.40. The summed E-state index contributed by atoms with van der Waals surface area (Å²) in [7, 11) is 3.18. The smallest absolute Gasteiger partial charge is 0.287 e. The fraction of sp³-hybridized carbons (Fsp3) is 0.450. The summed E-state index contributed by atoms with van der Waals surface area (Å²) in [6, 6.07) is 8.81. The van der Waals surface area contributed by atoms with Crippen LogP contribution in [0, 0.1) is 5.92 Å². The third-order valence-electron chi connectivity index (χ3n) is 3.78. The normalized spacial score (nSPS) is 12.1. The molecule has 2 rings (SSSR count).